The molecule has 0 spiro atoms. The number of furan rings is 2. The van der Waals surface area contributed by atoms with Gasteiger partial charge in [-0.05, 0) is 77.9 Å². The van der Waals surface area contributed by atoms with Gasteiger partial charge in [0, 0.05) is 128 Å². The Labute approximate surface area is 627 Å². The highest BCUT2D eigenvalue weighted by molar-refractivity contribution is 7.27. The second-order valence-corrected chi connectivity index (χ2v) is 29.2. The zero-order chi connectivity index (χ0) is 71.2. The van der Waals surface area contributed by atoms with Gasteiger partial charge >= 0.3 is 0 Å². The van der Waals surface area contributed by atoms with E-state index in [1.165, 1.54) is 51.1 Å². The molecule has 8 heterocycles. The number of thiophene rings is 2. The summed E-state index contributed by atoms with van der Waals surface area (Å²) in [6.45, 7) is 0. The second-order valence-electron chi connectivity index (χ2n) is 27.1. The van der Waals surface area contributed by atoms with E-state index in [1.54, 1.807) is 0 Å². The molecule has 0 aliphatic rings. The van der Waals surface area contributed by atoms with Gasteiger partial charge in [0.25, 0.3) is 0 Å². The molecule has 8 aromatic heterocycles. The summed E-state index contributed by atoms with van der Waals surface area (Å²) < 4.78 is 17.8. The molecule has 8 nitrogen and oxygen atoms in total. The van der Waals surface area contributed by atoms with E-state index >= 15 is 0 Å². The van der Waals surface area contributed by atoms with Crippen molar-refractivity contribution in [3.05, 3.63) is 352 Å². The van der Waals surface area contributed by atoms with Crippen LogP contribution >= 0.6 is 22.7 Å². The first-order valence-corrected chi connectivity index (χ1v) is 37.7. The highest BCUT2D eigenvalue weighted by Gasteiger charge is 2.22. The van der Waals surface area contributed by atoms with E-state index < -0.39 is 0 Å². The lowest BCUT2D eigenvalue weighted by molar-refractivity contribution is 0.669. The van der Waals surface area contributed by atoms with Gasteiger partial charge in [0.1, 0.15) is 22.3 Å². The molecule has 0 bridgehead atoms. The van der Waals surface area contributed by atoms with Gasteiger partial charge in [-0.15, -0.1) is 22.7 Å². The minimum atomic E-state index is 0.667. The standard InChI is InChI=1S/2C49H29N3OS/c1-2-13-30(14-3-1)49-51-41(32-16-10-15-31(27-32)35-22-12-23-37-36-19-5-8-25-43(36)53-47(35)37)29-42(52-49)33-17-11-18-34(28-33)46-45-39-21-6-9-26-44(39)54-48(45)38-20-4-7-24-40(38)50-46;1-2-12-31(13-3-1)41-29-42(52-49(51-41)32-26-24-30(25-27-32)35-19-11-20-37-36-16-5-8-22-43(36)53-47(35)37)33-14-10-15-34(28-33)46-45-39-18-6-9-23-44(39)54-48(45)38-17-4-7-21-40(38)50-46/h2*1-29H. The molecule has 14 aromatic carbocycles. The number of pyridine rings is 2. The first kappa shape index (κ1) is 62.6. The van der Waals surface area contributed by atoms with Crippen molar-refractivity contribution >= 4 is 129 Å². The first-order chi connectivity index (χ1) is 53.5. The number of hydrogen-bond acceptors (Lipinski definition) is 10. The Morgan fingerprint density at radius 2 is 0.546 bits per heavy atom. The van der Waals surface area contributed by atoms with Crippen molar-refractivity contribution in [1.82, 2.24) is 29.9 Å². The van der Waals surface area contributed by atoms with Crippen molar-refractivity contribution in [3.63, 3.8) is 0 Å². The van der Waals surface area contributed by atoms with Gasteiger partial charge in [-0.25, -0.2) is 29.9 Å². The van der Waals surface area contributed by atoms with Crippen LogP contribution in [0.2, 0.25) is 0 Å². The van der Waals surface area contributed by atoms with Gasteiger partial charge < -0.3 is 8.83 Å². The lowest BCUT2D eigenvalue weighted by Crippen LogP contribution is -1.96. The number of nitrogens with zero attached hydrogens (tertiary/aromatic N) is 6. The fraction of sp³-hybridized carbons (Fsp3) is 0. The van der Waals surface area contributed by atoms with Crippen LogP contribution in [0.5, 0.6) is 0 Å². The van der Waals surface area contributed by atoms with Crippen molar-refractivity contribution in [2.24, 2.45) is 0 Å². The Balaban J connectivity index is 0.000000138. The third kappa shape index (κ3) is 11.0. The Morgan fingerprint density at radius 1 is 0.213 bits per heavy atom. The van der Waals surface area contributed by atoms with Gasteiger partial charge in [0.2, 0.25) is 0 Å². The van der Waals surface area contributed by atoms with E-state index in [-0.39, 0.29) is 0 Å². The molecule has 22 aromatic rings. The van der Waals surface area contributed by atoms with E-state index in [0.29, 0.717) is 11.6 Å². The van der Waals surface area contributed by atoms with Crippen LogP contribution < -0.4 is 0 Å². The van der Waals surface area contributed by atoms with Crippen molar-refractivity contribution < 1.29 is 8.83 Å². The SMILES string of the molecule is c1ccc(-c2cc(-c3cccc(-c4nc5ccccc5c5sc6ccccc6c45)c3)nc(-c3ccc(-c4cccc5c4oc4ccccc45)cc3)n2)cc1.c1ccc(-c2nc(-c3cccc(-c4cccc5c4oc4ccccc45)c3)cc(-c3cccc(-c4nc5ccccc5c5sc6ccccc6c45)c3)n2)cc1. The third-order valence-electron chi connectivity index (χ3n) is 20.6. The maximum absolute atomic E-state index is 6.42. The summed E-state index contributed by atoms with van der Waals surface area (Å²) in [5, 5.41) is 11.7. The van der Waals surface area contributed by atoms with Crippen LogP contribution in [0.3, 0.4) is 0 Å². The Hall–Kier alpha value is -13.9. The number of fused-ring (bicyclic) bond motifs is 16. The molecule has 0 aliphatic carbocycles. The molecule has 0 saturated carbocycles. The molecule has 108 heavy (non-hydrogen) atoms. The smallest absolute Gasteiger partial charge is 0.160 e. The predicted octanol–water partition coefficient (Wildman–Crippen LogP) is 27.3. The molecule has 0 atom stereocenters. The van der Waals surface area contributed by atoms with Crippen molar-refractivity contribution in [2.45, 2.75) is 0 Å². The van der Waals surface area contributed by atoms with Crippen LogP contribution in [0.1, 0.15) is 0 Å². The highest BCUT2D eigenvalue weighted by Crippen LogP contribution is 2.47. The molecule has 10 heteroatoms. The fourth-order valence-corrected chi connectivity index (χ4v) is 17.9. The van der Waals surface area contributed by atoms with E-state index in [4.69, 9.17) is 38.7 Å². The van der Waals surface area contributed by atoms with Crippen molar-refractivity contribution in [2.75, 3.05) is 0 Å². The Kier molecular flexibility index (Phi) is 15.1. The van der Waals surface area contributed by atoms with Gasteiger partial charge in [-0.1, -0.05) is 285 Å². The predicted molar refractivity (Wildman–Crippen MR) is 449 cm³/mol. The van der Waals surface area contributed by atoms with Crippen LogP contribution in [0.25, 0.3) is 219 Å². The number of aromatic nitrogens is 6. The molecule has 0 N–H and O–H groups in total. The van der Waals surface area contributed by atoms with Crippen LogP contribution in [0.15, 0.2) is 361 Å². The first-order valence-electron chi connectivity index (χ1n) is 36.0. The summed E-state index contributed by atoms with van der Waals surface area (Å²) in [6, 6.07) is 122. The summed E-state index contributed by atoms with van der Waals surface area (Å²) >= 11 is 3.67. The van der Waals surface area contributed by atoms with E-state index in [9.17, 15) is 0 Å². The number of rotatable bonds is 10. The normalized spacial score (nSPS) is 11.7. The summed E-state index contributed by atoms with van der Waals surface area (Å²) in [5.74, 6) is 1.34. The molecule has 0 amide bonds. The summed E-state index contributed by atoms with van der Waals surface area (Å²) in [4.78, 5) is 31.3. The van der Waals surface area contributed by atoms with Gasteiger partial charge in [0.15, 0.2) is 11.6 Å². The molecule has 504 valence electrons. The second kappa shape index (κ2) is 26.1. The fourth-order valence-electron chi connectivity index (χ4n) is 15.4. The quantitative estimate of drug-likeness (QED) is 0.133. The minimum Gasteiger partial charge on any atom is -0.455 e. The molecule has 0 aliphatic heterocycles. The van der Waals surface area contributed by atoms with Gasteiger partial charge in [0.05, 0.1) is 45.2 Å². The van der Waals surface area contributed by atoms with E-state index in [0.717, 1.165) is 156 Å². The van der Waals surface area contributed by atoms with E-state index in [2.05, 4.69) is 291 Å². The van der Waals surface area contributed by atoms with Crippen molar-refractivity contribution in [3.8, 4) is 113 Å². The number of para-hydroxylation sites is 6. The molecule has 0 fully saturated rings. The highest BCUT2D eigenvalue weighted by atomic mass is 32.1. The zero-order valence-corrected chi connectivity index (χ0v) is 59.4. The van der Waals surface area contributed by atoms with E-state index in [1.807, 2.05) is 83.3 Å². The van der Waals surface area contributed by atoms with Crippen LogP contribution in [-0.4, -0.2) is 29.9 Å². The molecular weight excluding hydrogens is 1360 g/mol. The summed E-state index contributed by atoms with van der Waals surface area (Å²) in [6.07, 6.45) is 0. The minimum absolute atomic E-state index is 0.667. The third-order valence-corrected chi connectivity index (χ3v) is 23.0. The van der Waals surface area contributed by atoms with Crippen LogP contribution in [0.4, 0.5) is 0 Å². The molecule has 0 saturated heterocycles. The zero-order valence-electron chi connectivity index (χ0n) is 57.8. The van der Waals surface area contributed by atoms with Crippen molar-refractivity contribution in [1.29, 1.82) is 0 Å². The summed E-state index contributed by atoms with van der Waals surface area (Å²) in [7, 11) is 0. The lowest BCUT2D eigenvalue weighted by atomic mass is 9.98. The largest absolute Gasteiger partial charge is 0.455 e. The van der Waals surface area contributed by atoms with Gasteiger partial charge in [-0.3, -0.25) is 0 Å². The maximum Gasteiger partial charge on any atom is 0.160 e. The maximum atomic E-state index is 6.42. The lowest BCUT2D eigenvalue weighted by Gasteiger charge is -2.12. The summed E-state index contributed by atoms with van der Waals surface area (Å²) in [5.41, 5.74) is 23.2. The average molecular weight is 1420 g/mol. The average Bonchev–Trinajstić information content (AvgIpc) is 1.56. The Bertz CT molecular complexity index is 7330. The van der Waals surface area contributed by atoms with Crippen LogP contribution in [-0.2, 0) is 0 Å². The molecule has 0 unspecified atom stereocenters. The number of benzene rings is 14. The van der Waals surface area contributed by atoms with Gasteiger partial charge in [-0.2, -0.15) is 0 Å². The molecular formula is C98H58N6O2S2. The number of hydrogen-bond donors (Lipinski definition) is 0. The monoisotopic (exact) mass is 1410 g/mol. The topological polar surface area (TPSA) is 104 Å². The van der Waals surface area contributed by atoms with Crippen LogP contribution in [0, 0.1) is 0 Å². The Morgan fingerprint density at radius 3 is 1.04 bits per heavy atom. The molecule has 0 radical (unpaired) electrons. The molecule has 22 rings (SSSR count).